The van der Waals surface area contributed by atoms with Crippen molar-refractivity contribution in [2.45, 2.75) is 6.42 Å². The lowest BCUT2D eigenvalue weighted by Gasteiger charge is -2.08. The highest BCUT2D eigenvalue weighted by Gasteiger charge is 2.10. The van der Waals surface area contributed by atoms with E-state index in [9.17, 15) is 9.59 Å². The number of aromatic nitrogens is 2. The summed E-state index contributed by atoms with van der Waals surface area (Å²) in [4.78, 5) is 29.9. The van der Waals surface area contributed by atoms with Crippen LogP contribution in [0.3, 0.4) is 0 Å². The number of benzene rings is 1. The summed E-state index contributed by atoms with van der Waals surface area (Å²) in [6.45, 7) is 0.474. The summed E-state index contributed by atoms with van der Waals surface area (Å²) < 4.78 is 0. The molecule has 0 atom stereocenters. The fourth-order valence-corrected chi connectivity index (χ4v) is 1.83. The molecule has 4 N–H and O–H groups in total. The third kappa shape index (κ3) is 3.75. The van der Waals surface area contributed by atoms with Gasteiger partial charge in [-0.1, -0.05) is 12.1 Å². The SMILES string of the molecule is NC(=O)c1nccnc1NCCc1cccc(C(=O)O)c1. The molecule has 1 aromatic heterocycles. The van der Waals surface area contributed by atoms with E-state index in [0.29, 0.717) is 18.8 Å². The van der Waals surface area contributed by atoms with Gasteiger partial charge in [-0.05, 0) is 24.1 Å². The molecule has 0 aliphatic heterocycles. The average Bonchev–Trinajstić information content (AvgIpc) is 2.48. The maximum Gasteiger partial charge on any atom is 0.335 e. The predicted octanol–water partition coefficient (Wildman–Crippen LogP) is 0.928. The molecule has 0 spiro atoms. The molecule has 2 aromatic rings. The van der Waals surface area contributed by atoms with E-state index in [1.54, 1.807) is 12.1 Å². The Morgan fingerprint density at radius 3 is 2.71 bits per heavy atom. The van der Waals surface area contributed by atoms with Crippen LogP contribution in [0.5, 0.6) is 0 Å². The standard InChI is InChI=1S/C14H14N4O3/c15-12(19)11-13(18-7-6-16-11)17-5-4-9-2-1-3-10(8-9)14(20)21/h1-3,6-8H,4-5H2,(H2,15,19)(H,17,18)(H,20,21). The van der Waals surface area contributed by atoms with Gasteiger partial charge in [0.2, 0.25) is 0 Å². The van der Waals surface area contributed by atoms with Crippen molar-refractivity contribution < 1.29 is 14.7 Å². The highest BCUT2D eigenvalue weighted by Crippen LogP contribution is 2.09. The van der Waals surface area contributed by atoms with Crippen molar-refractivity contribution in [1.82, 2.24) is 9.97 Å². The minimum Gasteiger partial charge on any atom is -0.478 e. The highest BCUT2D eigenvalue weighted by molar-refractivity contribution is 5.95. The summed E-state index contributed by atoms with van der Waals surface area (Å²) in [6, 6.07) is 6.67. The Morgan fingerprint density at radius 2 is 2.00 bits per heavy atom. The molecule has 1 amide bonds. The fraction of sp³-hybridized carbons (Fsp3) is 0.143. The second kappa shape index (κ2) is 6.47. The van der Waals surface area contributed by atoms with Crippen molar-refractivity contribution in [3.8, 4) is 0 Å². The van der Waals surface area contributed by atoms with Gasteiger partial charge in [-0.3, -0.25) is 4.79 Å². The molecule has 0 unspecified atom stereocenters. The number of hydrogen-bond donors (Lipinski definition) is 3. The van der Waals surface area contributed by atoms with Crippen LogP contribution in [0.15, 0.2) is 36.7 Å². The topological polar surface area (TPSA) is 118 Å². The van der Waals surface area contributed by atoms with Gasteiger partial charge in [0, 0.05) is 18.9 Å². The molecular formula is C14H14N4O3. The predicted molar refractivity (Wildman–Crippen MR) is 76.1 cm³/mol. The minimum absolute atomic E-state index is 0.0804. The molecule has 0 aliphatic carbocycles. The number of nitrogens with one attached hydrogen (secondary N) is 1. The maximum absolute atomic E-state index is 11.2. The normalized spacial score (nSPS) is 10.1. The molecule has 2 rings (SSSR count). The van der Waals surface area contributed by atoms with Gasteiger partial charge < -0.3 is 16.2 Å². The Kier molecular flexibility index (Phi) is 4.45. The number of carboxylic acid groups (broad SMARTS) is 1. The Hall–Kier alpha value is -2.96. The van der Waals surface area contributed by atoms with Gasteiger partial charge in [0.05, 0.1) is 5.56 Å². The molecule has 0 fully saturated rings. The number of carbonyl (C=O) groups is 2. The number of rotatable bonds is 6. The van der Waals surface area contributed by atoms with Crippen LogP contribution in [0.2, 0.25) is 0 Å². The van der Waals surface area contributed by atoms with Gasteiger partial charge in [-0.15, -0.1) is 0 Å². The molecule has 108 valence electrons. The number of hydrogen-bond acceptors (Lipinski definition) is 5. The molecule has 0 bridgehead atoms. The van der Waals surface area contributed by atoms with Crippen LogP contribution in [0.1, 0.15) is 26.4 Å². The third-order valence-corrected chi connectivity index (χ3v) is 2.81. The zero-order valence-corrected chi connectivity index (χ0v) is 11.1. The lowest BCUT2D eigenvalue weighted by molar-refractivity contribution is 0.0696. The summed E-state index contributed by atoms with van der Waals surface area (Å²) in [5, 5.41) is 11.9. The summed E-state index contributed by atoms with van der Waals surface area (Å²) in [5.74, 6) is -1.30. The number of nitrogens with two attached hydrogens (primary N) is 1. The molecule has 1 heterocycles. The lowest BCUT2D eigenvalue weighted by Crippen LogP contribution is -2.18. The molecule has 0 aliphatic rings. The second-order valence-electron chi connectivity index (χ2n) is 4.30. The van der Waals surface area contributed by atoms with E-state index in [0.717, 1.165) is 5.56 Å². The molecule has 0 radical (unpaired) electrons. The third-order valence-electron chi connectivity index (χ3n) is 2.81. The summed E-state index contributed by atoms with van der Waals surface area (Å²) in [5.41, 5.74) is 6.39. The Labute approximate surface area is 120 Å². The minimum atomic E-state index is -0.963. The Morgan fingerprint density at radius 1 is 1.24 bits per heavy atom. The first-order valence-electron chi connectivity index (χ1n) is 6.25. The van der Waals surface area contributed by atoms with Crippen molar-refractivity contribution in [3.05, 3.63) is 53.5 Å². The number of aromatic carboxylic acids is 1. The molecule has 7 heteroatoms. The van der Waals surface area contributed by atoms with Gasteiger partial charge >= 0.3 is 5.97 Å². The first-order chi connectivity index (χ1) is 10.1. The van der Waals surface area contributed by atoms with Crippen LogP contribution >= 0.6 is 0 Å². The number of carboxylic acids is 1. The molecule has 7 nitrogen and oxygen atoms in total. The second-order valence-corrected chi connectivity index (χ2v) is 4.30. The van der Waals surface area contributed by atoms with E-state index in [1.807, 2.05) is 6.07 Å². The van der Waals surface area contributed by atoms with Gasteiger partial charge in [0.15, 0.2) is 11.5 Å². The van der Waals surface area contributed by atoms with Crippen molar-refractivity contribution in [1.29, 1.82) is 0 Å². The first kappa shape index (κ1) is 14.4. The maximum atomic E-state index is 11.2. The van der Waals surface area contributed by atoms with Crippen LogP contribution in [-0.2, 0) is 6.42 Å². The molecule has 0 saturated heterocycles. The van der Waals surface area contributed by atoms with Gasteiger partial charge in [-0.2, -0.15) is 0 Å². The van der Waals surface area contributed by atoms with Crippen LogP contribution in [0.4, 0.5) is 5.82 Å². The summed E-state index contributed by atoms with van der Waals surface area (Å²) >= 11 is 0. The van der Waals surface area contributed by atoms with E-state index in [1.165, 1.54) is 18.5 Å². The monoisotopic (exact) mass is 286 g/mol. The van der Waals surface area contributed by atoms with E-state index in [-0.39, 0.29) is 11.3 Å². The van der Waals surface area contributed by atoms with Crippen molar-refractivity contribution >= 4 is 17.7 Å². The summed E-state index contributed by atoms with van der Waals surface area (Å²) in [7, 11) is 0. The zero-order chi connectivity index (χ0) is 15.2. The molecule has 1 aromatic carbocycles. The first-order valence-corrected chi connectivity index (χ1v) is 6.25. The lowest BCUT2D eigenvalue weighted by atomic mass is 10.1. The van der Waals surface area contributed by atoms with E-state index < -0.39 is 11.9 Å². The van der Waals surface area contributed by atoms with Gasteiger partial charge in [0.25, 0.3) is 5.91 Å². The smallest absolute Gasteiger partial charge is 0.335 e. The number of nitrogens with zero attached hydrogens (tertiary/aromatic N) is 2. The molecule has 21 heavy (non-hydrogen) atoms. The van der Waals surface area contributed by atoms with Crippen molar-refractivity contribution in [2.75, 3.05) is 11.9 Å². The van der Waals surface area contributed by atoms with E-state index in [2.05, 4.69) is 15.3 Å². The largest absolute Gasteiger partial charge is 0.478 e. The average molecular weight is 286 g/mol. The van der Waals surface area contributed by atoms with Crippen LogP contribution in [-0.4, -0.2) is 33.5 Å². The number of amides is 1. The number of primary amides is 1. The number of carbonyl (C=O) groups excluding carboxylic acids is 1. The fourth-order valence-electron chi connectivity index (χ4n) is 1.83. The van der Waals surface area contributed by atoms with Crippen LogP contribution < -0.4 is 11.1 Å². The quantitative estimate of drug-likeness (QED) is 0.727. The number of anilines is 1. The van der Waals surface area contributed by atoms with Crippen LogP contribution in [0.25, 0.3) is 0 Å². The van der Waals surface area contributed by atoms with Crippen molar-refractivity contribution in [3.63, 3.8) is 0 Å². The van der Waals surface area contributed by atoms with E-state index in [4.69, 9.17) is 10.8 Å². The van der Waals surface area contributed by atoms with Gasteiger partial charge in [0.1, 0.15) is 0 Å². The van der Waals surface area contributed by atoms with E-state index >= 15 is 0 Å². The van der Waals surface area contributed by atoms with Gasteiger partial charge in [-0.25, -0.2) is 14.8 Å². The zero-order valence-electron chi connectivity index (χ0n) is 11.1. The Balaban J connectivity index is 2.00. The molecular weight excluding hydrogens is 272 g/mol. The van der Waals surface area contributed by atoms with Crippen molar-refractivity contribution in [2.24, 2.45) is 5.73 Å². The highest BCUT2D eigenvalue weighted by atomic mass is 16.4. The summed E-state index contributed by atoms with van der Waals surface area (Å²) in [6.07, 6.45) is 3.43. The molecule has 0 saturated carbocycles. The Bertz CT molecular complexity index is 673. The van der Waals surface area contributed by atoms with Crippen LogP contribution in [0, 0.1) is 0 Å².